The van der Waals surface area contributed by atoms with E-state index in [2.05, 4.69) is 59.9 Å². The van der Waals surface area contributed by atoms with Crippen LogP contribution in [-0.2, 0) is 15.6 Å². The second-order valence-electron chi connectivity index (χ2n) is 16.5. The smallest absolute Gasteiger partial charge is 0.270 e. The summed E-state index contributed by atoms with van der Waals surface area (Å²) >= 11 is 11.2. The number of alkyl halides is 1. The second-order valence-corrected chi connectivity index (χ2v) is 22.7. The summed E-state index contributed by atoms with van der Waals surface area (Å²) in [6.45, 7) is 2.39. The first kappa shape index (κ1) is 69.2. The molecule has 0 saturated carbocycles. The maximum Gasteiger partial charge on any atom is 0.270 e. The molecule has 0 atom stereocenters. The number of carbonyl (C=O) groups is 1. The molecular formula is C53H50BrClN12O14S5. The number of nitro benzene ring substituents is 4. The summed E-state index contributed by atoms with van der Waals surface area (Å²) in [6, 6.07) is 34.9. The molecule has 3 heterocycles. The molecule has 450 valence electrons. The van der Waals surface area contributed by atoms with Crippen LogP contribution in [0.25, 0.3) is 33.8 Å². The molecule has 26 nitrogen and oxygen atoms in total. The number of thiocarbonyl (C=S) groups is 1. The number of carbonyl (C=O) groups excluding carboxylic acids is 1. The number of nitrogens with two attached hydrogens (primary N) is 4. The van der Waals surface area contributed by atoms with Gasteiger partial charge in [-0.25, -0.2) is 23.4 Å². The summed E-state index contributed by atoms with van der Waals surface area (Å²) in [5, 5.41) is 52.8. The third kappa shape index (κ3) is 22.4. The van der Waals surface area contributed by atoms with Gasteiger partial charge in [0.2, 0.25) is 0 Å². The van der Waals surface area contributed by atoms with Crippen LogP contribution in [0.2, 0.25) is 0 Å². The maximum atomic E-state index is 11.1. The van der Waals surface area contributed by atoms with Crippen LogP contribution in [0.4, 0.5) is 38.1 Å². The van der Waals surface area contributed by atoms with Gasteiger partial charge in [-0.05, 0) is 48.5 Å². The number of thiazole rings is 3. The van der Waals surface area contributed by atoms with Gasteiger partial charge in [-0.3, -0.25) is 45.3 Å². The van der Waals surface area contributed by atoms with E-state index in [0.29, 0.717) is 67.8 Å². The molecule has 33 heteroatoms. The van der Waals surface area contributed by atoms with Crippen LogP contribution in [-0.4, -0.2) is 80.6 Å². The van der Waals surface area contributed by atoms with Crippen molar-refractivity contribution in [2.75, 3.05) is 43.4 Å². The minimum atomic E-state index is -3.66. The number of nitrogens with one attached hydrogen (secondary N) is 1. The molecule has 0 spiro atoms. The van der Waals surface area contributed by atoms with Gasteiger partial charge in [0, 0.05) is 110 Å². The molecule has 0 aliphatic carbocycles. The number of aromatic nitrogens is 3. The summed E-state index contributed by atoms with van der Waals surface area (Å²) in [7, 11) is 6.17. The number of Topliss-reactive ketones (excluding diaryl/α,β-unsaturated/α-hetero) is 1. The lowest BCUT2D eigenvalue weighted by molar-refractivity contribution is -0.385. The molecular weight excluding hydrogens is 1300 g/mol. The molecule has 9 aromatic rings. The minimum absolute atomic E-state index is 0.000000000000000222. The van der Waals surface area contributed by atoms with E-state index in [1.807, 2.05) is 30.5 Å². The Labute approximate surface area is 520 Å². The largest absolute Gasteiger partial charge is 0.496 e. The fourth-order valence-electron chi connectivity index (χ4n) is 6.65. The normalized spacial score (nSPS) is 10.1. The van der Waals surface area contributed by atoms with Crippen LogP contribution in [0.1, 0.15) is 21.5 Å². The molecule has 0 saturated heterocycles. The molecule has 0 bridgehead atoms. The van der Waals surface area contributed by atoms with Crippen molar-refractivity contribution in [3.8, 4) is 51.0 Å². The Bertz CT molecular complexity index is 3850. The highest BCUT2D eigenvalue weighted by molar-refractivity contribution is 9.09. The Kier molecular flexibility index (Phi) is 27.2. The molecule has 6 aromatic carbocycles. The lowest BCUT2D eigenvalue weighted by Crippen LogP contribution is -2.18. The van der Waals surface area contributed by atoms with Crippen molar-refractivity contribution < 1.29 is 47.1 Å². The van der Waals surface area contributed by atoms with E-state index < -0.39 is 28.7 Å². The van der Waals surface area contributed by atoms with Crippen molar-refractivity contribution in [1.82, 2.24) is 15.0 Å². The third-order valence-electron chi connectivity index (χ3n) is 10.7. The molecule has 9 rings (SSSR count). The van der Waals surface area contributed by atoms with Gasteiger partial charge < -0.3 is 42.5 Å². The molecule has 0 fully saturated rings. The lowest BCUT2D eigenvalue weighted by atomic mass is 10.1. The first-order valence-corrected chi connectivity index (χ1v) is 30.3. The summed E-state index contributed by atoms with van der Waals surface area (Å²) in [6.07, 6.45) is 0. The van der Waals surface area contributed by atoms with Crippen LogP contribution in [0.5, 0.6) is 17.2 Å². The monoisotopic (exact) mass is 1350 g/mol. The van der Waals surface area contributed by atoms with E-state index in [1.165, 1.54) is 108 Å². The zero-order chi connectivity index (χ0) is 63.7. The number of benzene rings is 6. The number of aryl methyl sites for hydroxylation is 1. The van der Waals surface area contributed by atoms with Crippen molar-refractivity contribution in [2.24, 2.45) is 11.5 Å². The Morgan fingerprint density at radius 1 is 0.605 bits per heavy atom. The molecule has 9 N–H and O–H groups in total. The van der Waals surface area contributed by atoms with Crippen molar-refractivity contribution in [1.29, 1.82) is 0 Å². The van der Waals surface area contributed by atoms with Gasteiger partial charge in [-0.15, -0.1) is 34.0 Å². The number of hydrogen-bond donors (Lipinski definition) is 5. The number of nitrogen functional groups attached to an aromatic ring is 2. The Balaban J connectivity index is 0.000000233. The number of rotatable bonds is 16. The number of ether oxygens (including phenoxy) is 3. The zero-order valence-electron chi connectivity index (χ0n) is 45.3. The van der Waals surface area contributed by atoms with Crippen LogP contribution < -0.4 is 42.5 Å². The molecule has 0 aliphatic rings. The number of nitro groups is 4. The van der Waals surface area contributed by atoms with Gasteiger partial charge in [-0.1, -0.05) is 76.6 Å². The van der Waals surface area contributed by atoms with Crippen LogP contribution in [0.3, 0.4) is 0 Å². The van der Waals surface area contributed by atoms with Gasteiger partial charge >= 0.3 is 0 Å². The average Bonchev–Trinajstić information content (AvgIpc) is 4.46. The van der Waals surface area contributed by atoms with Gasteiger partial charge in [-0.2, -0.15) is 0 Å². The number of halogens is 2. The fourth-order valence-corrected chi connectivity index (χ4v) is 9.61. The van der Waals surface area contributed by atoms with Gasteiger partial charge in [0.05, 0.1) is 68.3 Å². The Morgan fingerprint density at radius 2 is 1.02 bits per heavy atom. The van der Waals surface area contributed by atoms with Crippen molar-refractivity contribution in [3.63, 3.8) is 0 Å². The number of ketones is 1. The standard InChI is InChI=1S/C18H17N3O4S.2C9H7N3O2S.C8H6BrNO3.C8H9ClO3S.CH4N2S/c1-24-16-7-6-12(8-17(16)25-2)10-19-18-20-15(11-26-18)13-4-3-5-14(9-13)21(22)23;2*10-9-11-8(5-15-9)6-2-1-3-7(4-6)12(13)14;9-5-8(11)6-2-1-3-7(4-6)10(12)13;1-6-3-4-7(13(9,10)11)5-8(6)12-2;2-1(3)4/h3-9,11H,10H2,1-2H3,(H,19,20);2*1-5H,(H2,10,11);1-4H,5H2;3-5H,1-2H3;(H4,2,3,4). The highest BCUT2D eigenvalue weighted by Gasteiger charge is 2.15. The number of nitrogens with zero attached hydrogens (tertiary/aromatic N) is 7. The highest BCUT2D eigenvalue weighted by Crippen LogP contribution is 2.32. The van der Waals surface area contributed by atoms with Crippen LogP contribution in [0, 0.1) is 47.4 Å². The Morgan fingerprint density at radius 3 is 1.42 bits per heavy atom. The SMILES string of the molecule is COc1cc(S(=O)(=O)Cl)ccc1C.COc1ccc(CNc2nc(-c3cccc([N+](=O)[O-])c3)cs2)cc1OC.NC(N)=S.Nc1nc(-c2cccc([N+](=O)[O-])c2)cs1.Nc1nc(-c2cccc([N+](=O)[O-])c2)cs1.O=C(CBr)c1cccc([N+](=O)[O-])c1. The van der Waals surface area contributed by atoms with E-state index in [0.717, 1.165) is 21.8 Å². The van der Waals surface area contributed by atoms with Crippen LogP contribution in [0.15, 0.2) is 154 Å². The summed E-state index contributed by atoms with van der Waals surface area (Å²) in [4.78, 5) is 64.3. The minimum Gasteiger partial charge on any atom is -0.496 e. The first-order valence-electron chi connectivity index (χ1n) is 23.8. The van der Waals surface area contributed by atoms with E-state index in [4.69, 9.17) is 36.4 Å². The number of anilines is 3. The summed E-state index contributed by atoms with van der Waals surface area (Å²) in [5.41, 5.74) is 26.7. The fraction of sp³-hybridized carbons (Fsp3) is 0.113. The maximum absolute atomic E-state index is 11.1. The second kappa shape index (κ2) is 33.8. The van der Waals surface area contributed by atoms with Gasteiger partial charge in [0.25, 0.3) is 31.8 Å². The van der Waals surface area contributed by atoms with Gasteiger partial charge in [0.1, 0.15) is 5.75 Å². The van der Waals surface area contributed by atoms with Crippen LogP contribution >= 0.6 is 72.8 Å². The zero-order valence-corrected chi connectivity index (χ0v) is 51.7. The molecule has 3 aromatic heterocycles. The van der Waals surface area contributed by atoms with Crippen molar-refractivity contribution in [3.05, 3.63) is 207 Å². The predicted octanol–water partition coefficient (Wildman–Crippen LogP) is 12.2. The Hall–Kier alpha value is -9.31. The molecule has 86 heavy (non-hydrogen) atoms. The summed E-state index contributed by atoms with van der Waals surface area (Å²) < 4.78 is 37.3. The lowest BCUT2D eigenvalue weighted by Gasteiger charge is -2.09. The molecule has 0 radical (unpaired) electrons. The molecule has 0 amide bonds. The van der Waals surface area contributed by atoms with E-state index in [9.17, 15) is 53.7 Å². The van der Waals surface area contributed by atoms with E-state index >= 15 is 0 Å². The quantitative estimate of drug-likeness (QED) is 0.0150. The van der Waals surface area contributed by atoms with Crippen molar-refractivity contribution in [2.45, 2.75) is 18.4 Å². The van der Waals surface area contributed by atoms with E-state index in [-0.39, 0.29) is 43.9 Å². The first-order chi connectivity index (χ1) is 40.8. The third-order valence-corrected chi connectivity index (χ3v) is 14.7. The predicted molar refractivity (Wildman–Crippen MR) is 341 cm³/mol. The van der Waals surface area contributed by atoms with Crippen molar-refractivity contribution >= 4 is 131 Å². The average molecular weight is 1350 g/mol. The summed E-state index contributed by atoms with van der Waals surface area (Å²) in [5.74, 6) is 1.70. The topological polar surface area (TPSA) is 406 Å². The highest BCUT2D eigenvalue weighted by atomic mass is 79.9. The van der Waals surface area contributed by atoms with E-state index in [1.54, 1.807) is 73.5 Å². The van der Waals surface area contributed by atoms with Gasteiger partial charge in [0.15, 0.2) is 37.8 Å². The molecule has 0 aliphatic heterocycles. The number of non-ortho nitro benzene ring substituents is 4. The number of methoxy groups -OCH3 is 3. The number of hydrogen-bond acceptors (Lipinski definition) is 24. The molecule has 0 unspecified atom stereocenters.